The van der Waals surface area contributed by atoms with Gasteiger partial charge in [-0.3, -0.25) is 0 Å². The zero-order valence-electron chi connectivity index (χ0n) is 9.62. The standard InChI is InChI=1S/C13H20OS/c1-10-6-7-11(15-10)12(14)13(2)8-4-3-5-9-13/h6-7,12,14H,3-5,8-9H2,1-2H3. The molecule has 84 valence electrons. The van der Waals surface area contributed by atoms with Crippen LogP contribution in [0.15, 0.2) is 12.1 Å². The smallest absolute Gasteiger partial charge is 0.0935 e. The number of thiophene rings is 1. The average Bonchev–Trinajstić information content (AvgIpc) is 2.65. The molecule has 1 fully saturated rings. The van der Waals surface area contributed by atoms with Crippen molar-refractivity contribution in [2.24, 2.45) is 5.41 Å². The van der Waals surface area contributed by atoms with Gasteiger partial charge in [-0.1, -0.05) is 26.2 Å². The fourth-order valence-electron chi connectivity index (χ4n) is 2.58. The fourth-order valence-corrected chi connectivity index (χ4v) is 3.62. The molecule has 1 aliphatic carbocycles. The highest BCUT2D eigenvalue weighted by Crippen LogP contribution is 2.46. The number of hydrogen-bond donors (Lipinski definition) is 1. The van der Waals surface area contributed by atoms with Crippen LogP contribution in [0.2, 0.25) is 0 Å². The molecule has 0 aliphatic heterocycles. The Morgan fingerprint density at radius 3 is 2.47 bits per heavy atom. The Hall–Kier alpha value is -0.340. The van der Waals surface area contributed by atoms with Crippen molar-refractivity contribution in [2.45, 2.75) is 52.1 Å². The lowest BCUT2D eigenvalue weighted by molar-refractivity contribution is 0.0107. The molecule has 1 unspecified atom stereocenters. The maximum Gasteiger partial charge on any atom is 0.0935 e. The van der Waals surface area contributed by atoms with E-state index in [0.717, 1.165) is 4.88 Å². The first-order valence-electron chi connectivity index (χ1n) is 5.86. The quantitative estimate of drug-likeness (QED) is 0.803. The van der Waals surface area contributed by atoms with Crippen molar-refractivity contribution in [2.75, 3.05) is 0 Å². The third-order valence-electron chi connectivity index (χ3n) is 3.69. The van der Waals surface area contributed by atoms with E-state index in [2.05, 4.69) is 26.0 Å². The second kappa shape index (κ2) is 4.26. The van der Waals surface area contributed by atoms with Gasteiger partial charge in [-0.15, -0.1) is 11.3 Å². The van der Waals surface area contributed by atoms with E-state index in [1.165, 1.54) is 37.0 Å². The van der Waals surface area contributed by atoms with Gasteiger partial charge in [-0.25, -0.2) is 0 Å². The highest BCUT2D eigenvalue weighted by atomic mass is 32.1. The van der Waals surface area contributed by atoms with Crippen LogP contribution in [-0.2, 0) is 0 Å². The first-order valence-corrected chi connectivity index (χ1v) is 6.68. The van der Waals surface area contributed by atoms with Crippen LogP contribution in [-0.4, -0.2) is 5.11 Å². The first-order chi connectivity index (χ1) is 7.12. The average molecular weight is 224 g/mol. The molecule has 1 aromatic rings. The molecule has 1 saturated carbocycles. The highest BCUT2D eigenvalue weighted by molar-refractivity contribution is 7.12. The Labute approximate surface area is 96.1 Å². The number of aliphatic hydroxyl groups is 1. The molecule has 1 nitrogen and oxygen atoms in total. The summed E-state index contributed by atoms with van der Waals surface area (Å²) in [6.07, 6.45) is 5.98. The molecule has 2 heteroatoms. The van der Waals surface area contributed by atoms with Crippen LogP contribution in [0, 0.1) is 12.3 Å². The van der Waals surface area contributed by atoms with Crippen molar-refractivity contribution in [1.29, 1.82) is 0 Å². The van der Waals surface area contributed by atoms with Gasteiger partial charge in [0.1, 0.15) is 0 Å². The topological polar surface area (TPSA) is 20.2 Å². The number of hydrogen-bond acceptors (Lipinski definition) is 2. The molecule has 2 rings (SSSR count). The van der Waals surface area contributed by atoms with Crippen molar-refractivity contribution < 1.29 is 5.11 Å². The van der Waals surface area contributed by atoms with Crippen LogP contribution in [0.3, 0.4) is 0 Å². The van der Waals surface area contributed by atoms with E-state index < -0.39 is 0 Å². The minimum atomic E-state index is -0.253. The lowest BCUT2D eigenvalue weighted by Gasteiger charge is -2.37. The number of aliphatic hydroxyl groups excluding tert-OH is 1. The summed E-state index contributed by atoms with van der Waals surface area (Å²) >= 11 is 1.74. The Morgan fingerprint density at radius 1 is 1.27 bits per heavy atom. The van der Waals surface area contributed by atoms with Crippen molar-refractivity contribution in [3.63, 3.8) is 0 Å². The molecular weight excluding hydrogens is 204 g/mol. The predicted molar refractivity (Wildman–Crippen MR) is 65.2 cm³/mol. The van der Waals surface area contributed by atoms with Gasteiger partial charge in [0.15, 0.2) is 0 Å². The zero-order chi connectivity index (χ0) is 10.9. The normalized spacial score (nSPS) is 22.6. The summed E-state index contributed by atoms with van der Waals surface area (Å²) in [4.78, 5) is 2.44. The van der Waals surface area contributed by atoms with Gasteiger partial charge in [0.05, 0.1) is 6.10 Å². The van der Waals surface area contributed by atoms with E-state index in [9.17, 15) is 5.11 Å². The monoisotopic (exact) mass is 224 g/mol. The van der Waals surface area contributed by atoms with E-state index in [1.54, 1.807) is 11.3 Å². The second-order valence-corrected chi connectivity index (χ2v) is 6.39. The molecule has 15 heavy (non-hydrogen) atoms. The molecule has 0 aromatic carbocycles. The minimum Gasteiger partial charge on any atom is -0.387 e. The van der Waals surface area contributed by atoms with Gasteiger partial charge in [-0.05, 0) is 37.3 Å². The van der Waals surface area contributed by atoms with E-state index >= 15 is 0 Å². The van der Waals surface area contributed by atoms with E-state index in [-0.39, 0.29) is 11.5 Å². The zero-order valence-corrected chi connectivity index (χ0v) is 10.4. The van der Waals surface area contributed by atoms with Gasteiger partial charge in [0, 0.05) is 9.75 Å². The van der Waals surface area contributed by atoms with Crippen LogP contribution in [0.4, 0.5) is 0 Å². The van der Waals surface area contributed by atoms with E-state index in [1.807, 2.05) is 0 Å². The largest absolute Gasteiger partial charge is 0.387 e. The number of aryl methyl sites for hydroxylation is 1. The van der Waals surface area contributed by atoms with Crippen LogP contribution < -0.4 is 0 Å². The molecule has 1 aliphatic rings. The van der Waals surface area contributed by atoms with E-state index in [0.29, 0.717) is 0 Å². The Morgan fingerprint density at radius 2 is 1.93 bits per heavy atom. The summed E-state index contributed by atoms with van der Waals surface area (Å²) < 4.78 is 0. The Balaban J connectivity index is 2.15. The summed E-state index contributed by atoms with van der Waals surface area (Å²) in [7, 11) is 0. The van der Waals surface area contributed by atoms with Gasteiger partial charge in [-0.2, -0.15) is 0 Å². The summed E-state index contributed by atoms with van der Waals surface area (Å²) in [5.74, 6) is 0. The summed E-state index contributed by atoms with van der Waals surface area (Å²) in [6.45, 7) is 4.34. The Kier molecular flexibility index (Phi) is 3.17. The van der Waals surface area contributed by atoms with Crippen LogP contribution in [0.5, 0.6) is 0 Å². The first kappa shape index (κ1) is 11.2. The van der Waals surface area contributed by atoms with E-state index in [4.69, 9.17) is 0 Å². The predicted octanol–water partition coefficient (Wildman–Crippen LogP) is 4.06. The molecule has 0 saturated heterocycles. The molecular formula is C13H20OS. The third kappa shape index (κ3) is 2.26. The number of rotatable bonds is 2. The summed E-state index contributed by atoms with van der Waals surface area (Å²) in [5, 5.41) is 10.4. The SMILES string of the molecule is Cc1ccc(C(O)C2(C)CCCCC2)s1. The van der Waals surface area contributed by atoms with Gasteiger partial charge in [0.2, 0.25) is 0 Å². The van der Waals surface area contributed by atoms with Crippen molar-refractivity contribution in [3.8, 4) is 0 Å². The molecule has 1 atom stereocenters. The molecule has 0 amide bonds. The summed E-state index contributed by atoms with van der Waals surface area (Å²) in [5.41, 5.74) is 0.121. The van der Waals surface area contributed by atoms with Gasteiger partial charge < -0.3 is 5.11 Å². The van der Waals surface area contributed by atoms with Gasteiger partial charge >= 0.3 is 0 Å². The maximum atomic E-state index is 10.4. The highest BCUT2D eigenvalue weighted by Gasteiger charge is 2.35. The van der Waals surface area contributed by atoms with Crippen molar-refractivity contribution in [1.82, 2.24) is 0 Å². The van der Waals surface area contributed by atoms with Crippen molar-refractivity contribution >= 4 is 11.3 Å². The van der Waals surface area contributed by atoms with Crippen LogP contribution in [0.1, 0.15) is 54.9 Å². The molecule has 1 aromatic heterocycles. The van der Waals surface area contributed by atoms with Crippen molar-refractivity contribution in [3.05, 3.63) is 21.9 Å². The lowest BCUT2D eigenvalue weighted by Crippen LogP contribution is -2.27. The van der Waals surface area contributed by atoms with Crippen LogP contribution in [0.25, 0.3) is 0 Å². The fraction of sp³-hybridized carbons (Fsp3) is 0.692. The molecule has 0 spiro atoms. The van der Waals surface area contributed by atoms with Crippen LogP contribution >= 0.6 is 11.3 Å². The second-order valence-electron chi connectivity index (χ2n) is 5.07. The Bertz CT molecular complexity index is 323. The molecule has 0 bridgehead atoms. The minimum absolute atomic E-state index is 0.121. The summed E-state index contributed by atoms with van der Waals surface area (Å²) in [6, 6.07) is 4.19. The van der Waals surface area contributed by atoms with Gasteiger partial charge in [0.25, 0.3) is 0 Å². The molecule has 0 radical (unpaired) electrons. The molecule has 1 N–H and O–H groups in total. The third-order valence-corrected chi connectivity index (χ3v) is 4.74. The molecule has 1 heterocycles. The lowest BCUT2D eigenvalue weighted by atomic mass is 9.71. The maximum absolute atomic E-state index is 10.4.